The number of fused-ring (bicyclic) bond motifs is 1. The van der Waals surface area contributed by atoms with Crippen LogP contribution >= 0.6 is 0 Å². The monoisotopic (exact) mass is 286 g/mol. The highest BCUT2D eigenvalue weighted by Gasteiger charge is 2.09. The van der Waals surface area contributed by atoms with Crippen molar-refractivity contribution in [1.82, 2.24) is 4.98 Å². The van der Waals surface area contributed by atoms with Gasteiger partial charge in [0, 0.05) is 19.2 Å². The highest BCUT2D eigenvalue weighted by atomic mass is 16.5. The second-order valence-electron chi connectivity index (χ2n) is 4.58. The van der Waals surface area contributed by atoms with Crippen LogP contribution in [0.4, 0.5) is 5.69 Å². The number of oxazole rings is 1. The smallest absolute Gasteiger partial charge is 0.417 e. The number of anilines is 1. The maximum atomic E-state index is 11.2. The molecule has 0 radical (unpaired) electrons. The fraction of sp³-hybridized carbons (Fsp3) is 0.133. The molecule has 0 amide bonds. The molecule has 21 heavy (non-hydrogen) atoms. The van der Waals surface area contributed by atoms with Gasteiger partial charge in [0.15, 0.2) is 11.3 Å². The fourth-order valence-corrected chi connectivity index (χ4v) is 2.07. The molecule has 3 N–H and O–H groups in total. The van der Waals surface area contributed by atoms with Crippen molar-refractivity contribution in [2.24, 2.45) is 0 Å². The van der Waals surface area contributed by atoms with E-state index in [2.05, 4.69) is 4.98 Å². The average Bonchev–Trinajstić information content (AvgIpc) is 2.79. The van der Waals surface area contributed by atoms with Gasteiger partial charge in [0.2, 0.25) is 0 Å². The molecule has 2 aromatic carbocycles. The van der Waals surface area contributed by atoms with Gasteiger partial charge in [-0.2, -0.15) is 0 Å². The summed E-state index contributed by atoms with van der Waals surface area (Å²) in [6.45, 7) is 0.501. The van der Waals surface area contributed by atoms with Crippen LogP contribution in [0.25, 0.3) is 11.1 Å². The van der Waals surface area contributed by atoms with Crippen LogP contribution in [-0.4, -0.2) is 12.1 Å². The largest absolute Gasteiger partial charge is 0.455 e. The summed E-state index contributed by atoms with van der Waals surface area (Å²) in [5.74, 6) is 0.569. The summed E-state index contributed by atoms with van der Waals surface area (Å²) in [5, 5.41) is 0. The minimum absolute atomic E-state index is 0.391. The standard InChI is InChI=1S/C15H14N2O4/c1-19-8-9-3-2-4-10(5-9)20-13-7-12-14(6-11(13)16)21-15(18)17-12/h2-7H,8,16H2,1H3,(H,17,18). The molecule has 3 rings (SSSR count). The van der Waals surface area contributed by atoms with Gasteiger partial charge in [-0.05, 0) is 17.7 Å². The van der Waals surface area contributed by atoms with Crippen molar-refractivity contribution >= 4 is 16.8 Å². The molecule has 1 heterocycles. The van der Waals surface area contributed by atoms with Gasteiger partial charge in [0.25, 0.3) is 0 Å². The van der Waals surface area contributed by atoms with Crippen LogP contribution in [0.3, 0.4) is 0 Å². The molecule has 1 aromatic heterocycles. The van der Waals surface area contributed by atoms with Crippen LogP contribution in [-0.2, 0) is 11.3 Å². The fourth-order valence-electron chi connectivity index (χ4n) is 2.07. The Morgan fingerprint density at radius 1 is 1.29 bits per heavy atom. The Kier molecular flexibility index (Phi) is 3.37. The Hall–Kier alpha value is -2.73. The summed E-state index contributed by atoms with van der Waals surface area (Å²) in [6, 6.07) is 10.7. The summed E-state index contributed by atoms with van der Waals surface area (Å²) in [5.41, 5.74) is 8.24. The average molecular weight is 286 g/mol. The SMILES string of the molecule is COCc1cccc(Oc2cc3[nH]c(=O)oc3cc2N)c1. The van der Waals surface area contributed by atoms with Crippen LogP contribution in [0, 0.1) is 0 Å². The third kappa shape index (κ3) is 2.75. The number of hydrogen-bond acceptors (Lipinski definition) is 5. The van der Waals surface area contributed by atoms with Crippen LogP contribution in [0.5, 0.6) is 11.5 Å². The topological polar surface area (TPSA) is 90.5 Å². The number of ether oxygens (including phenoxy) is 2. The Morgan fingerprint density at radius 2 is 2.14 bits per heavy atom. The lowest BCUT2D eigenvalue weighted by molar-refractivity contribution is 0.184. The third-order valence-electron chi connectivity index (χ3n) is 2.99. The molecule has 0 aliphatic rings. The Morgan fingerprint density at radius 3 is 2.95 bits per heavy atom. The number of aromatic nitrogens is 1. The molecule has 0 unspecified atom stereocenters. The number of aromatic amines is 1. The Bertz CT molecular complexity index is 835. The maximum Gasteiger partial charge on any atom is 0.417 e. The first kappa shape index (κ1) is 13.3. The van der Waals surface area contributed by atoms with Crippen LogP contribution in [0.15, 0.2) is 45.6 Å². The summed E-state index contributed by atoms with van der Waals surface area (Å²) in [6.07, 6.45) is 0. The first-order valence-electron chi connectivity index (χ1n) is 6.34. The van der Waals surface area contributed by atoms with Crippen LogP contribution in [0.2, 0.25) is 0 Å². The van der Waals surface area contributed by atoms with Crippen molar-refractivity contribution in [1.29, 1.82) is 0 Å². The van der Waals surface area contributed by atoms with Gasteiger partial charge in [-0.15, -0.1) is 0 Å². The molecule has 0 atom stereocenters. The number of nitrogens with two attached hydrogens (primary N) is 1. The normalized spacial score (nSPS) is 10.9. The minimum Gasteiger partial charge on any atom is -0.455 e. The molecule has 3 aromatic rings. The maximum absolute atomic E-state index is 11.2. The molecule has 0 saturated heterocycles. The van der Waals surface area contributed by atoms with Crippen molar-refractivity contribution < 1.29 is 13.9 Å². The zero-order valence-corrected chi connectivity index (χ0v) is 11.4. The molecule has 108 valence electrons. The van der Waals surface area contributed by atoms with Gasteiger partial charge in [-0.3, -0.25) is 4.98 Å². The van der Waals surface area contributed by atoms with Gasteiger partial charge in [-0.1, -0.05) is 12.1 Å². The Balaban J connectivity index is 1.95. The number of hydrogen-bond donors (Lipinski definition) is 2. The van der Waals surface area contributed by atoms with Crippen molar-refractivity contribution in [3.8, 4) is 11.5 Å². The highest BCUT2D eigenvalue weighted by Crippen LogP contribution is 2.31. The van der Waals surface area contributed by atoms with Crippen molar-refractivity contribution in [3.63, 3.8) is 0 Å². The molecule has 6 nitrogen and oxygen atoms in total. The van der Waals surface area contributed by atoms with Crippen LogP contribution in [0.1, 0.15) is 5.56 Å². The number of H-pyrrole nitrogens is 1. The van der Waals surface area contributed by atoms with E-state index in [4.69, 9.17) is 19.6 Å². The van der Waals surface area contributed by atoms with E-state index in [1.165, 1.54) is 0 Å². The summed E-state index contributed by atoms with van der Waals surface area (Å²) >= 11 is 0. The van der Waals surface area contributed by atoms with Crippen molar-refractivity contribution in [2.45, 2.75) is 6.61 Å². The second-order valence-corrected chi connectivity index (χ2v) is 4.58. The molecule has 0 aliphatic heterocycles. The second kappa shape index (κ2) is 5.34. The van der Waals surface area contributed by atoms with Gasteiger partial charge in [0.05, 0.1) is 17.8 Å². The van der Waals surface area contributed by atoms with E-state index in [-0.39, 0.29) is 0 Å². The van der Waals surface area contributed by atoms with E-state index in [0.29, 0.717) is 34.9 Å². The number of methoxy groups -OCH3 is 1. The zero-order valence-electron chi connectivity index (χ0n) is 11.4. The number of benzene rings is 2. The lowest BCUT2D eigenvalue weighted by Crippen LogP contribution is -1.94. The van der Waals surface area contributed by atoms with Gasteiger partial charge >= 0.3 is 5.76 Å². The van der Waals surface area contributed by atoms with Gasteiger partial charge < -0.3 is 19.6 Å². The summed E-state index contributed by atoms with van der Waals surface area (Å²) in [4.78, 5) is 13.7. The predicted octanol–water partition coefficient (Wildman–Crippen LogP) is 2.64. The third-order valence-corrected chi connectivity index (χ3v) is 2.99. The van der Waals surface area contributed by atoms with E-state index in [9.17, 15) is 4.79 Å². The molecule has 0 fully saturated rings. The molecule has 0 saturated carbocycles. The number of rotatable bonds is 4. The quantitative estimate of drug-likeness (QED) is 0.719. The molecule has 6 heteroatoms. The van der Waals surface area contributed by atoms with Gasteiger partial charge in [0.1, 0.15) is 5.75 Å². The molecular weight excluding hydrogens is 272 g/mol. The molecule has 0 bridgehead atoms. The molecular formula is C15H14N2O4. The zero-order chi connectivity index (χ0) is 14.8. The lowest BCUT2D eigenvalue weighted by atomic mass is 10.2. The Labute approximate surface area is 120 Å². The first-order chi connectivity index (χ1) is 10.2. The lowest BCUT2D eigenvalue weighted by Gasteiger charge is -2.09. The van der Waals surface area contributed by atoms with E-state index in [0.717, 1.165) is 5.56 Å². The number of nitrogens with one attached hydrogen (secondary N) is 1. The summed E-state index contributed by atoms with van der Waals surface area (Å²) in [7, 11) is 1.63. The van der Waals surface area contributed by atoms with Crippen LogP contribution < -0.4 is 16.2 Å². The van der Waals surface area contributed by atoms with E-state index < -0.39 is 5.76 Å². The van der Waals surface area contributed by atoms with E-state index in [1.54, 1.807) is 19.2 Å². The minimum atomic E-state index is -0.524. The predicted molar refractivity (Wildman–Crippen MR) is 78.5 cm³/mol. The molecule has 0 aliphatic carbocycles. The summed E-state index contributed by atoms with van der Waals surface area (Å²) < 4.78 is 15.8. The van der Waals surface area contributed by atoms with E-state index in [1.807, 2.05) is 24.3 Å². The van der Waals surface area contributed by atoms with Gasteiger partial charge in [-0.25, -0.2) is 4.79 Å². The molecule has 0 spiro atoms. The highest BCUT2D eigenvalue weighted by molar-refractivity contribution is 5.80. The van der Waals surface area contributed by atoms with E-state index >= 15 is 0 Å². The number of nitrogen functional groups attached to an aromatic ring is 1. The first-order valence-corrected chi connectivity index (χ1v) is 6.34. The van der Waals surface area contributed by atoms with Crippen molar-refractivity contribution in [3.05, 3.63) is 52.5 Å². The van der Waals surface area contributed by atoms with Crippen molar-refractivity contribution in [2.75, 3.05) is 12.8 Å².